The number of carbonyl (C=O) groups excluding carboxylic acids is 1. The van der Waals surface area contributed by atoms with Crippen molar-refractivity contribution in [3.8, 4) is 11.1 Å². The molecule has 3 nitrogen and oxygen atoms in total. The molecule has 0 spiro atoms. The van der Waals surface area contributed by atoms with Crippen molar-refractivity contribution in [3.63, 3.8) is 0 Å². The van der Waals surface area contributed by atoms with Gasteiger partial charge in [-0.05, 0) is 49.1 Å². The van der Waals surface area contributed by atoms with E-state index in [1.807, 2.05) is 31.2 Å². The van der Waals surface area contributed by atoms with Gasteiger partial charge >= 0.3 is 5.97 Å². The molecule has 2 rings (SSSR count). The third-order valence-electron chi connectivity index (χ3n) is 5.98. The molecule has 1 unspecified atom stereocenters. The summed E-state index contributed by atoms with van der Waals surface area (Å²) in [7, 11) is 0. The number of benzene rings is 2. The zero-order valence-corrected chi connectivity index (χ0v) is 20.4. The van der Waals surface area contributed by atoms with Gasteiger partial charge in [-0.3, -0.25) is 0 Å². The molecule has 2 aromatic rings. The normalized spacial score (nSPS) is 12.0. The Hall–Kier alpha value is -2.13. The van der Waals surface area contributed by atoms with Crippen LogP contribution in [0.5, 0.6) is 0 Å². The van der Waals surface area contributed by atoms with Crippen LogP contribution in [0.2, 0.25) is 0 Å². The van der Waals surface area contributed by atoms with Gasteiger partial charge in [0.25, 0.3) is 0 Å². The molecule has 0 bridgehead atoms. The van der Waals surface area contributed by atoms with Crippen LogP contribution in [0.3, 0.4) is 0 Å². The molecule has 32 heavy (non-hydrogen) atoms. The van der Waals surface area contributed by atoms with E-state index in [9.17, 15) is 4.79 Å². The maximum absolute atomic E-state index is 11.8. The summed E-state index contributed by atoms with van der Waals surface area (Å²) in [5.41, 5.74) is 4.00. The molecule has 0 N–H and O–H groups in total. The molecule has 0 aliphatic carbocycles. The topological polar surface area (TPSA) is 35.5 Å². The summed E-state index contributed by atoms with van der Waals surface area (Å²) < 4.78 is 11.1. The second-order valence-electron chi connectivity index (χ2n) is 8.61. The summed E-state index contributed by atoms with van der Waals surface area (Å²) in [4.78, 5) is 11.8. The van der Waals surface area contributed by atoms with Crippen molar-refractivity contribution in [1.82, 2.24) is 0 Å². The molecule has 0 aliphatic rings. The number of hydrogen-bond acceptors (Lipinski definition) is 3. The molecular formula is C29H42O3. The second-order valence-corrected chi connectivity index (χ2v) is 8.61. The summed E-state index contributed by atoms with van der Waals surface area (Å²) in [6, 6.07) is 16.1. The minimum atomic E-state index is -0.275. The molecule has 2 aromatic carbocycles. The summed E-state index contributed by atoms with van der Waals surface area (Å²) in [6.45, 7) is 7.43. The van der Waals surface area contributed by atoms with E-state index in [-0.39, 0.29) is 12.1 Å². The smallest absolute Gasteiger partial charge is 0.338 e. The van der Waals surface area contributed by atoms with Gasteiger partial charge in [0, 0.05) is 6.61 Å². The van der Waals surface area contributed by atoms with Gasteiger partial charge in [-0.1, -0.05) is 101 Å². The quantitative estimate of drug-likeness (QED) is 0.194. The SMILES string of the molecule is CCCCCCCCCCCCOC(C)c1ccc(-c2ccc(C(=O)OCC)cc2)cc1. The highest BCUT2D eigenvalue weighted by atomic mass is 16.5. The summed E-state index contributed by atoms with van der Waals surface area (Å²) in [5, 5.41) is 0. The molecule has 0 fully saturated rings. The van der Waals surface area contributed by atoms with Crippen molar-refractivity contribution in [2.75, 3.05) is 13.2 Å². The fourth-order valence-electron chi connectivity index (χ4n) is 3.91. The van der Waals surface area contributed by atoms with E-state index in [4.69, 9.17) is 9.47 Å². The molecule has 0 amide bonds. The largest absolute Gasteiger partial charge is 0.462 e. The lowest BCUT2D eigenvalue weighted by Crippen LogP contribution is -2.04. The van der Waals surface area contributed by atoms with E-state index < -0.39 is 0 Å². The van der Waals surface area contributed by atoms with Gasteiger partial charge < -0.3 is 9.47 Å². The third-order valence-corrected chi connectivity index (χ3v) is 5.98. The first-order chi connectivity index (χ1) is 15.7. The van der Waals surface area contributed by atoms with Crippen LogP contribution in [-0.4, -0.2) is 19.2 Å². The van der Waals surface area contributed by atoms with Crippen LogP contribution in [0.1, 0.15) is 107 Å². The van der Waals surface area contributed by atoms with Gasteiger partial charge in [0.2, 0.25) is 0 Å². The maximum atomic E-state index is 11.8. The zero-order valence-electron chi connectivity index (χ0n) is 20.4. The van der Waals surface area contributed by atoms with Crippen molar-refractivity contribution >= 4 is 5.97 Å². The molecule has 0 aliphatic heterocycles. The molecule has 0 saturated carbocycles. The average molecular weight is 439 g/mol. The Bertz CT molecular complexity index is 749. The Labute approximate surface area is 195 Å². The van der Waals surface area contributed by atoms with Gasteiger partial charge in [-0.2, -0.15) is 0 Å². The monoisotopic (exact) mass is 438 g/mol. The van der Waals surface area contributed by atoms with Crippen molar-refractivity contribution in [1.29, 1.82) is 0 Å². The van der Waals surface area contributed by atoms with Crippen LogP contribution in [0.25, 0.3) is 11.1 Å². The molecule has 3 heteroatoms. The average Bonchev–Trinajstić information content (AvgIpc) is 2.83. The fourth-order valence-corrected chi connectivity index (χ4v) is 3.91. The second kappa shape index (κ2) is 15.6. The number of hydrogen-bond donors (Lipinski definition) is 0. The summed E-state index contributed by atoms with van der Waals surface area (Å²) in [6.07, 6.45) is 13.5. The predicted molar refractivity (Wildman–Crippen MR) is 134 cm³/mol. The van der Waals surface area contributed by atoms with E-state index in [1.54, 1.807) is 0 Å². The fraction of sp³-hybridized carbons (Fsp3) is 0.552. The van der Waals surface area contributed by atoms with E-state index in [0.29, 0.717) is 12.2 Å². The van der Waals surface area contributed by atoms with E-state index >= 15 is 0 Å². The first-order valence-corrected chi connectivity index (χ1v) is 12.6. The third kappa shape index (κ3) is 9.56. The zero-order chi connectivity index (χ0) is 23.0. The lowest BCUT2D eigenvalue weighted by atomic mass is 10.0. The maximum Gasteiger partial charge on any atom is 0.338 e. The van der Waals surface area contributed by atoms with Gasteiger partial charge in [0.15, 0.2) is 0 Å². The van der Waals surface area contributed by atoms with Crippen LogP contribution in [0.15, 0.2) is 48.5 Å². The molecule has 1 atom stereocenters. The highest BCUT2D eigenvalue weighted by Gasteiger charge is 2.08. The minimum absolute atomic E-state index is 0.105. The Morgan fingerprint density at radius 3 is 1.75 bits per heavy atom. The molecular weight excluding hydrogens is 396 g/mol. The number of rotatable bonds is 16. The number of esters is 1. The van der Waals surface area contributed by atoms with Gasteiger partial charge in [-0.15, -0.1) is 0 Å². The lowest BCUT2D eigenvalue weighted by Gasteiger charge is -2.14. The van der Waals surface area contributed by atoms with Crippen molar-refractivity contribution < 1.29 is 14.3 Å². The van der Waals surface area contributed by atoms with Gasteiger partial charge in [0.1, 0.15) is 0 Å². The molecule has 0 heterocycles. The van der Waals surface area contributed by atoms with Crippen molar-refractivity contribution in [2.45, 2.75) is 91.1 Å². The van der Waals surface area contributed by atoms with Crippen LogP contribution in [0.4, 0.5) is 0 Å². The highest BCUT2D eigenvalue weighted by Crippen LogP contribution is 2.24. The van der Waals surface area contributed by atoms with E-state index in [0.717, 1.165) is 24.2 Å². The Balaban J connectivity index is 1.65. The first kappa shape index (κ1) is 26.1. The number of unbranched alkanes of at least 4 members (excludes halogenated alkanes) is 9. The molecule has 0 saturated heterocycles. The molecule has 0 radical (unpaired) electrons. The van der Waals surface area contributed by atoms with Gasteiger partial charge in [0.05, 0.1) is 18.3 Å². The predicted octanol–water partition coefficient (Wildman–Crippen LogP) is 8.53. The van der Waals surface area contributed by atoms with Crippen molar-refractivity contribution in [3.05, 3.63) is 59.7 Å². The molecule has 0 aromatic heterocycles. The number of ether oxygens (including phenoxy) is 2. The Morgan fingerprint density at radius 2 is 1.22 bits per heavy atom. The van der Waals surface area contributed by atoms with E-state index in [2.05, 4.69) is 38.1 Å². The Morgan fingerprint density at radius 1 is 0.719 bits per heavy atom. The Kier molecular flexibility index (Phi) is 12.8. The van der Waals surface area contributed by atoms with E-state index in [1.165, 1.54) is 63.4 Å². The van der Waals surface area contributed by atoms with Crippen LogP contribution >= 0.6 is 0 Å². The van der Waals surface area contributed by atoms with Crippen LogP contribution in [-0.2, 0) is 9.47 Å². The van der Waals surface area contributed by atoms with Crippen LogP contribution < -0.4 is 0 Å². The van der Waals surface area contributed by atoms with Crippen LogP contribution in [0, 0.1) is 0 Å². The lowest BCUT2D eigenvalue weighted by molar-refractivity contribution is 0.0526. The highest BCUT2D eigenvalue weighted by molar-refractivity contribution is 5.90. The van der Waals surface area contributed by atoms with Crippen molar-refractivity contribution in [2.24, 2.45) is 0 Å². The first-order valence-electron chi connectivity index (χ1n) is 12.6. The summed E-state index contributed by atoms with van der Waals surface area (Å²) >= 11 is 0. The minimum Gasteiger partial charge on any atom is -0.462 e. The standard InChI is InChI=1S/C29H42O3/c1-4-6-7-8-9-10-11-12-13-14-23-32-24(3)25-15-17-26(18-16-25)27-19-21-28(22-20-27)29(30)31-5-2/h15-22,24H,4-14,23H2,1-3H3. The summed E-state index contributed by atoms with van der Waals surface area (Å²) in [5.74, 6) is -0.275. The molecule has 176 valence electrons. The number of carbonyl (C=O) groups is 1. The van der Waals surface area contributed by atoms with Gasteiger partial charge in [-0.25, -0.2) is 4.79 Å².